The molecule has 0 aliphatic rings. The van der Waals surface area contributed by atoms with Crippen LogP contribution in [0.15, 0.2) is 200 Å². The maximum Gasteiger partial charge on any atom is 0.160 e. The first-order chi connectivity index (χ1) is 26.8. The first-order valence-corrected chi connectivity index (χ1v) is 18.3. The van der Waals surface area contributed by atoms with Crippen molar-refractivity contribution in [3.63, 3.8) is 0 Å². The number of rotatable bonds is 6. The van der Waals surface area contributed by atoms with Crippen LogP contribution in [0.5, 0.6) is 0 Å². The SMILES string of the molecule is c1ccc(-c2nc(-c3ccc(-c4ccc(-c5cc6ccc7ccccc7c6c6ccccc56)cc4)cc3)cc(-c3ccccc3-c3ccncc3)n2)cc1. The molecule has 0 unspecified atom stereocenters. The predicted octanol–water partition coefficient (Wildman–Crippen LogP) is 13.3. The summed E-state index contributed by atoms with van der Waals surface area (Å²) in [5.41, 5.74) is 11.8. The van der Waals surface area contributed by atoms with Crippen LogP contribution in [0.3, 0.4) is 0 Å². The molecule has 0 atom stereocenters. The van der Waals surface area contributed by atoms with Gasteiger partial charge in [-0.2, -0.15) is 0 Å². The Balaban J connectivity index is 1.01. The van der Waals surface area contributed by atoms with Crippen molar-refractivity contribution in [2.45, 2.75) is 0 Å². The van der Waals surface area contributed by atoms with Gasteiger partial charge in [-0.15, -0.1) is 0 Å². The molecule has 8 aromatic carbocycles. The Morgan fingerprint density at radius 2 is 0.852 bits per heavy atom. The van der Waals surface area contributed by atoms with Crippen LogP contribution in [0.1, 0.15) is 0 Å². The number of aromatic nitrogens is 3. The highest BCUT2D eigenvalue weighted by Gasteiger charge is 2.15. The van der Waals surface area contributed by atoms with E-state index in [2.05, 4.69) is 163 Å². The molecule has 0 aliphatic carbocycles. The second kappa shape index (κ2) is 13.4. The summed E-state index contributed by atoms with van der Waals surface area (Å²) < 4.78 is 0. The van der Waals surface area contributed by atoms with Crippen LogP contribution in [0.2, 0.25) is 0 Å². The minimum atomic E-state index is 0.696. The monoisotopic (exact) mass is 687 g/mol. The van der Waals surface area contributed by atoms with Crippen molar-refractivity contribution >= 4 is 32.3 Å². The van der Waals surface area contributed by atoms with E-state index in [9.17, 15) is 0 Å². The lowest BCUT2D eigenvalue weighted by molar-refractivity contribution is 1.18. The van der Waals surface area contributed by atoms with Gasteiger partial charge in [0.2, 0.25) is 0 Å². The van der Waals surface area contributed by atoms with Crippen LogP contribution >= 0.6 is 0 Å². The lowest BCUT2D eigenvalue weighted by Gasteiger charge is -2.14. The average Bonchev–Trinajstić information content (AvgIpc) is 3.26. The van der Waals surface area contributed by atoms with E-state index in [1.807, 2.05) is 42.7 Å². The molecule has 2 heterocycles. The van der Waals surface area contributed by atoms with Gasteiger partial charge in [0.15, 0.2) is 5.82 Å². The Hall–Kier alpha value is -7.23. The Labute approximate surface area is 313 Å². The van der Waals surface area contributed by atoms with E-state index in [1.54, 1.807) is 0 Å². The number of hydrogen-bond donors (Lipinski definition) is 0. The van der Waals surface area contributed by atoms with Gasteiger partial charge in [0, 0.05) is 29.1 Å². The van der Waals surface area contributed by atoms with Gasteiger partial charge in [0.1, 0.15) is 0 Å². The number of nitrogens with zero attached hydrogens (tertiary/aromatic N) is 3. The molecule has 54 heavy (non-hydrogen) atoms. The highest BCUT2D eigenvalue weighted by Crippen LogP contribution is 2.39. The van der Waals surface area contributed by atoms with Gasteiger partial charge in [0.05, 0.1) is 11.4 Å². The van der Waals surface area contributed by atoms with Crippen molar-refractivity contribution < 1.29 is 0 Å². The van der Waals surface area contributed by atoms with Gasteiger partial charge in [-0.1, -0.05) is 164 Å². The second-order valence-corrected chi connectivity index (χ2v) is 13.6. The maximum absolute atomic E-state index is 5.11. The van der Waals surface area contributed by atoms with Gasteiger partial charge in [-0.25, -0.2) is 9.97 Å². The molecule has 0 saturated heterocycles. The quantitative estimate of drug-likeness (QED) is 0.163. The highest BCUT2D eigenvalue weighted by atomic mass is 14.9. The van der Waals surface area contributed by atoms with Crippen LogP contribution in [0.25, 0.3) is 99.6 Å². The molecule has 252 valence electrons. The molecule has 0 aliphatic heterocycles. The smallest absolute Gasteiger partial charge is 0.160 e. The summed E-state index contributed by atoms with van der Waals surface area (Å²) in [7, 11) is 0. The predicted molar refractivity (Wildman–Crippen MR) is 225 cm³/mol. The summed E-state index contributed by atoms with van der Waals surface area (Å²) >= 11 is 0. The third kappa shape index (κ3) is 5.69. The third-order valence-electron chi connectivity index (χ3n) is 10.4. The third-order valence-corrected chi connectivity index (χ3v) is 10.4. The second-order valence-electron chi connectivity index (χ2n) is 13.6. The summed E-state index contributed by atoms with van der Waals surface area (Å²) in [6.45, 7) is 0. The molecule has 0 fully saturated rings. The normalized spacial score (nSPS) is 11.3. The minimum Gasteiger partial charge on any atom is -0.265 e. The van der Waals surface area contributed by atoms with E-state index in [4.69, 9.17) is 9.97 Å². The number of hydrogen-bond acceptors (Lipinski definition) is 3. The zero-order valence-electron chi connectivity index (χ0n) is 29.4. The van der Waals surface area contributed by atoms with Crippen LogP contribution in [0.4, 0.5) is 0 Å². The fourth-order valence-electron chi connectivity index (χ4n) is 7.73. The molecule has 0 saturated carbocycles. The van der Waals surface area contributed by atoms with Gasteiger partial charge in [-0.05, 0) is 90.0 Å². The van der Waals surface area contributed by atoms with E-state index < -0.39 is 0 Å². The van der Waals surface area contributed by atoms with Crippen molar-refractivity contribution in [1.82, 2.24) is 15.0 Å². The number of benzene rings is 8. The Kier molecular flexibility index (Phi) is 7.81. The van der Waals surface area contributed by atoms with E-state index in [1.165, 1.54) is 49.0 Å². The minimum absolute atomic E-state index is 0.696. The molecule has 3 heteroatoms. The van der Waals surface area contributed by atoms with Crippen molar-refractivity contribution in [3.8, 4) is 67.3 Å². The summed E-state index contributed by atoms with van der Waals surface area (Å²) in [6, 6.07) is 66.8. The van der Waals surface area contributed by atoms with E-state index in [0.29, 0.717) is 5.82 Å². The molecule has 10 rings (SSSR count). The van der Waals surface area contributed by atoms with Crippen molar-refractivity contribution in [2.24, 2.45) is 0 Å². The Morgan fingerprint density at radius 1 is 0.296 bits per heavy atom. The lowest BCUT2D eigenvalue weighted by Crippen LogP contribution is -1.97. The largest absolute Gasteiger partial charge is 0.265 e. The maximum atomic E-state index is 5.11. The van der Waals surface area contributed by atoms with Crippen LogP contribution < -0.4 is 0 Å². The topological polar surface area (TPSA) is 38.7 Å². The van der Waals surface area contributed by atoms with Crippen LogP contribution in [0, 0.1) is 0 Å². The number of fused-ring (bicyclic) bond motifs is 5. The van der Waals surface area contributed by atoms with Crippen molar-refractivity contribution in [2.75, 3.05) is 0 Å². The van der Waals surface area contributed by atoms with E-state index in [-0.39, 0.29) is 0 Å². The van der Waals surface area contributed by atoms with Gasteiger partial charge < -0.3 is 0 Å². The summed E-state index contributed by atoms with van der Waals surface area (Å²) in [6.07, 6.45) is 3.66. The average molecular weight is 688 g/mol. The highest BCUT2D eigenvalue weighted by molar-refractivity contribution is 6.23. The zero-order valence-corrected chi connectivity index (χ0v) is 29.4. The van der Waals surface area contributed by atoms with Crippen molar-refractivity contribution in [1.29, 1.82) is 0 Å². The fourth-order valence-corrected chi connectivity index (χ4v) is 7.73. The zero-order chi connectivity index (χ0) is 35.8. The molecule has 10 aromatic rings. The summed E-state index contributed by atoms with van der Waals surface area (Å²) in [4.78, 5) is 14.4. The molecule has 0 N–H and O–H groups in total. The van der Waals surface area contributed by atoms with Gasteiger partial charge >= 0.3 is 0 Å². The Bertz CT molecular complexity index is 2950. The van der Waals surface area contributed by atoms with Crippen molar-refractivity contribution in [3.05, 3.63) is 200 Å². The lowest BCUT2D eigenvalue weighted by atomic mass is 9.90. The molecule has 0 spiro atoms. The van der Waals surface area contributed by atoms with Gasteiger partial charge in [0.25, 0.3) is 0 Å². The van der Waals surface area contributed by atoms with Crippen LogP contribution in [-0.4, -0.2) is 15.0 Å². The summed E-state index contributed by atoms with van der Waals surface area (Å²) in [5.74, 6) is 0.696. The van der Waals surface area contributed by atoms with E-state index in [0.717, 1.165) is 44.8 Å². The molecule has 0 bridgehead atoms. The molecule has 3 nitrogen and oxygen atoms in total. The van der Waals surface area contributed by atoms with Crippen LogP contribution in [-0.2, 0) is 0 Å². The molecule has 2 aromatic heterocycles. The molecule has 0 radical (unpaired) electrons. The first kappa shape index (κ1) is 31.5. The standard InChI is InChI=1S/C51H33N3/c1-2-11-40(12-3-1)51-53-48(33-49(54-51)45-16-8-6-13-42(45)38-28-30-52-31-29-38)39-25-20-35(21-26-39)34-18-22-37(23-19-34)47-32-41-27-24-36-10-4-5-14-43(36)50(41)46-17-9-7-15-44(46)47/h1-33H. The first-order valence-electron chi connectivity index (χ1n) is 18.3. The molecular weight excluding hydrogens is 655 g/mol. The van der Waals surface area contributed by atoms with Gasteiger partial charge in [-0.3, -0.25) is 4.98 Å². The number of pyridine rings is 1. The molecular formula is C51H33N3. The molecule has 0 amide bonds. The summed E-state index contributed by atoms with van der Waals surface area (Å²) in [5, 5.41) is 7.67. The fraction of sp³-hybridized carbons (Fsp3) is 0. The Morgan fingerprint density at radius 3 is 1.61 bits per heavy atom. The van der Waals surface area contributed by atoms with E-state index >= 15 is 0 Å².